The molecule has 1 amide bonds. The molecule has 2 N–H and O–H groups in total. The molecule has 1 aromatic heterocycles. The SMILES string of the molecule is CCCNc1ccc(C(=O)NC(CC)CC)nn1. The van der Waals surface area contributed by atoms with E-state index in [0.717, 1.165) is 25.8 Å². The molecule has 5 heteroatoms. The molecule has 0 saturated heterocycles. The summed E-state index contributed by atoms with van der Waals surface area (Å²) in [6, 6.07) is 3.69. The normalized spacial score (nSPS) is 10.4. The fourth-order valence-electron chi connectivity index (χ4n) is 1.55. The van der Waals surface area contributed by atoms with Crippen LogP contribution in [-0.4, -0.2) is 28.7 Å². The van der Waals surface area contributed by atoms with E-state index in [1.54, 1.807) is 12.1 Å². The Morgan fingerprint density at radius 1 is 1.22 bits per heavy atom. The lowest BCUT2D eigenvalue weighted by molar-refractivity contribution is 0.0929. The van der Waals surface area contributed by atoms with Gasteiger partial charge in [-0.1, -0.05) is 20.8 Å². The van der Waals surface area contributed by atoms with E-state index in [1.807, 2.05) is 0 Å². The summed E-state index contributed by atoms with van der Waals surface area (Å²) in [5, 5.41) is 14.0. The number of rotatable bonds is 7. The average molecular weight is 250 g/mol. The number of nitrogens with one attached hydrogen (secondary N) is 2. The van der Waals surface area contributed by atoms with Crippen LogP contribution in [0.2, 0.25) is 0 Å². The molecular weight excluding hydrogens is 228 g/mol. The van der Waals surface area contributed by atoms with E-state index >= 15 is 0 Å². The van der Waals surface area contributed by atoms with Gasteiger partial charge in [-0.05, 0) is 31.4 Å². The lowest BCUT2D eigenvalue weighted by atomic mass is 10.1. The first kappa shape index (κ1) is 14.4. The molecule has 0 atom stereocenters. The first-order valence-electron chi connectivity index (χ1n) is 6.59. The molecular formula is C13H22N4O. The third kappa shape index (κ3) is 4.31. The second-order valence-electron chi connectivity index (χ2n) is 4.22. The zero-order valence-corrected chi connectivity index (χ0v) is 11.4. The number of amides is 1. The van der Waals surface area contributed by atoms with Crippen molar-refractivity contribution in [2.75, 3.05) is 11.9 Å². The number of nitrogens with zero attached hydrogens (tertiary/aromatic N) is 2. The molecule has 18 heavy (non-hydrogen) atoms. The smallest absolute Gasteiger partial charge is 0.272 e. The molecule has 5 nitrogen and oxygen atoms in total. The summed E-state index contributed by atoms with van der Waals surface area (Å²) in [6.07, 6.45) is 2.87. The van der Waals surface area contributed by atoms with Gasteiger partial charge in [-0.2, -0.15) is 0 Å². The van der Waals surface area contributed by atoms with Crippen molar-refractivity contribution in [3.05, 3.63) is 17.8 Å². The Bertz CT molecular complexity index is 360. The number of carbonyl (C=O) groups excluding carboxylic acids is 1. The highest BCUT2D eigenvalue weighted by atomic mass is 16.2. The zero-order chi connectivity index (χ0) is 13.4. The third-order valence-electron chi connectivity index (χ3n) is 2.77. The lowest BCUT2D eigenvalue weighted by Gasteiger charge is -2.13. The Kier molecular flexibility index (Phi) is 6.11. The molecule has 0 aliphatic carbocycles. The molecule has 0 fully saturated rings. The Balaban J connectivity index is 2.58. The summed E-state index contributed by atoms with van der Waals surface area (Å²) in [6.45, 7) is 7.04. The first-order valence-corrected chi connectivity index (χ1v) is 6.59. The summed E-state index contributed by atoms with van der Waals surface area (Å²) in [5.41, 5.74) is 0.365. The largest absolute Gasteiger partial charge is 0.369 e. The Morgan fingerprint density at radius 3 is 2.44 bits per heavy atom. The molecule has 100 valence electrons. The van der Waals surface area contributed by atoms with Gasteiger partial charge in [-0.15, -0.1) is 10.2 Å². The van der Waals surface area contributed by atoms with Crippen LogP contribution in [0.25, 0.3) is 0 Å². The average Bonchev–Trinajstić information content (AvgIpc) is 2.42. The molecule has 0 aromatic carbocycles. The maximum atomic E-state index is 11.9. The molecule has 0 unspecified atom stereocenters. The maximum Gasteiger partial charge on any atom is 0.272 e. The second kappa shape index (κ2) is 7.63. The van der Waals surface area contributed by atoms with Gasteiger partial charge >= 0.3 is 0 Å². The van der Waals surface area contributed by atoms with E-state index in [2.05, 4.69) is 41.6 Å². The van der Waals surface area contributed by atoms with E-state index < -0.39 is 0 Å². The van der Waals surface area contributed by atoms with Crippen LogP contribution in [0.3, 0.4) is 0 Å². The van der Waals surface area contributed by atoms with Crippen LogP contribution in [0.5, 0.6) is 0 Å². The second-order valence-corrected chi connectivity index (χ2v) is 4.22. The summed E-state index contributed by atoms with van der Waals surface area (Å²) in [5.74, 6) is 0.550. The van der Waals surface area contributed by atoms with Gasteiger partial charge in [-0.25, -0.2) is 0 Å². The molecule has 0 radical (unpaired) electrons. The van der Waals surface area contributed by atoms with Crippen molar-refractivity contribution in [2.45, 2.75) is 46.1 Å². The Labute approximate surface area is 108 Å². The third-order valence-corrected chi connectivity index (χ3v) is 2.77. The van der Waals surface area contributed by atoms with Crippen molar-refractivity contribution in [2.24, 2.45) is 0 Å². The van der Waals surface area contributed by atoms with Gasteiger partial charge in [0.1, 0.15) is 5.82 Å². The fraction of sp³-hybridized carbons (Fsp3) is 0.615. The summed E-state index contributed by atoms with van der Waals surface area (Å²) >= 11 is 0. The quantitative estimate of drug-likeness (QED) is 0.778. The molecule has 0 aliphatic rings. The molecule has 0 spiro atoms. The number of aromatic nitrogens is 2. The molecule has 1 heterocycles. The van der Waals surface area contributed by atoms with Gasteiger partial charge in [-0.3, -0.25) is 4.79 Å². The highest BCUT2D eigenvalue weighted by Crippen LogP contribution is 2.03. The minimum Gasteiger partial charge on any atom is -0.369 e. The maximum absolute atomic E-state index is 11.9. The van der Waals surface area contributed by atoms with Crippen molar-refractivity contribution < 1.29 is 4.79 Å². The summed E-state index contributed by atoms with van der Waals surface area (Å²) < 4.78 is 0. The van der Waals surface area contributed by atoms with E-state index in [4.69, 9.17) is 0 Å². The van der Waals surface area contributed by atoms with Crippen molar-refractivity contribution in [1.29, 1.82) is 0 Å². The van der Waals surface area contributed by atoms with E-state index in [1.165, 1.54) is 0 Å². The highest BCUT2D eigenvalue weighted by molar-refractivity contribution is 5.92. The van der Waals surface area contributed by atoms with E-state index in [9.17, 15) is 4.79 Å². The van der Waals surface area contributed by atoms with Gasteiger partial charge in [0, 0.05) is 12.6 Å². The summed E-state index contributed by atoms with van der Waals surface area (Å²) in [7, 11) is 0. The number of hydrogen-bond acceptors (Lipinski definition) is 4. The van der Waals surface area contributed by atoms with Gasteiger partial charge in [0.25, 0.3) is 5.91 Å². The van der Waals surface area contributed by atoms with E-state index in [-0.39, 0.29) is 11.9 Å². The van der Waals surface area contributed by atoms with Crippen LogP contribution < -0.4 is 10.6 Å². The molecule has 0 bridgehead atoms. The monoisotopic (exact) mass is 250 g/mol. The number of carbonyl (C=O) groups is 1. The van der Waals surface area contributed by atoms with Crippen LogP contribution in [0.4, 0.5) is 5.82 Å². The van der Waals surface area contributed by atoms with Crippen molar-refractivity contribution in [3.8, 4) is 0 Å². The number of hydrogen-bond donors (Lipinski definition) is 2. The minimum absolute atomic E-state index is 0.154. The zero-order valence-electron chi connectivity index (χ0n) is 11.4. The highest BCUT2D eigenvalue weighted by Gasteiger charge is 2.12. The van der Waals surface area contributed by atoms with Crippen LogP contribution in [0.1, 0.15) is 50.5 Å². The molecule has 1 aromatic rings. The van der Waals surface area contributed by atoms with Gasteiger partial charge in [0.2, 0.25) is 0 Å². The fourth-order valence-corrected chi connectivity index (χ4v) is 1.55. The Morgan fingerprint density at radius 2 is 1.94 bits per heavy atom. The van der Waals surface area contributed by atoms with Crippen LogP contribution in [0.15, 0.2) is 12.1 Å². The summed E-state index contributed by atoms with van der Waals surface area (Å²) in [4.78, 5) is 11.9. The lowest BCUT2D eigenvalue weighted by Crippen LogP contribution is -2.34. The van der Waals surface area contributed by atoms with Gasteiger partial charge in [0.05, 0.1) is 0 Å². The topological polar surface area (TPSA) is 66.9 Å². The Hall–Kier alpha value is -1.65. The van der Waals surface area contributed by atoms with Crippen molar-refractivity contribution in [3.63, 3.8) is 0 Å². The van der Waals surface area contributed by atoms with Crippen molar-refractivity contribution >= 4 is 11.7 Å². The predicted molar refractivity (Wildman–Crippen MR) is 72.6 cm³/mol. The number of anilines is 1. The standard InChI is InChI=1S/C13H22N4O/c1-4-9-14-12-8-7-11(16-17-12)13(18)15-10(5-2)6-3/h7-8,10H,4-6,9H2,1-3H3,(H,14,17)(H,15,18). The van der Waals surface area contributed by atoms with Crippen LogP contribution in [-0.2, 0) is 0 Å². The molecule has 0 aliphatic heterocycles. The molecule has 1 rings (SSSR count). The van der Waals surface area contributed by atoms with Gasteiger partial charge < -0.3 is 10.6 Å². The van der Waals surface area contributed by atoms with E-state index in [0.29, 0.717) is 11.5 Å². The van der Waals surface area contributed by atoms with Crippen LogP contribution >= 0.6 is 0 Å². The predicted octanol–water partition coefficient (Wildman–Crippen LogP) is 2.22. The minimum atomic E-state index is -0.154. The van der Waals surface area contributed by atoms with Gasteiger partial charge in [0.15, 0.2) is 5.69 Å². The first-order chi connectivity index (χ1) is 8.71. The van der Waals surface area contributed by atoms with Crippen molar-refractivity contribution in [1.82, 2.24) is 15.5 Å². The van der Waals surface area contributed by atoms with Crippen LogP contribution in [0, 0.1) is 0 Å². The molecule has 0 saturated carbocycles.